The van der Waals surface area contributed by atoms with E-state index in [1.54, 1.807) is 36.4 Å². The lowest BCUT2D eigenvalue weighted by atomic mass is 10.2. The molecule has 0 atom stereocenters. The molecule has 1 amide bonds. The van der Waals surface area contributed by atoms with Crippen LogP contribution in [-0.4, -0.2) is 5.91 Å². The number of halogens is 2. The molecule has 0 aliphatic heterocycles. The Morgan fingerprint density at radius 1 is 1.23 bits per heavy atom. The topological polar surface area (TPSA) is 38.3 Å². The minimum atomic E-state index is -0.303. The number of carbonyl (C=O) groups is 1. The van der Waals surface area contributed by atoms with Gasteiger partial charge in [-0.25, -0.2) is 4.39 Å². The number of carbonyl (C=O) groups excluding carboxylic acids is 1. The zero-order valence-corrected chi connectivity index (χ0v) is 13.4. The van der Waals surface area contributed by atoms with Crippen LogP contribution in [0.3, 0.4) is 0 Å². The summed E-state index contributed by atoms with van der Waals surface area (Å²) in [6.45, 7) is 0.160. The molecule has 1 aliphatic rings. The van der Waals surface area contributed by atoms with Crippen LogP contribution in [-0.2, 0) is 11.4 Å². The number of anilines is 1. The molecule has 0 saturated heterocycles. The summed E-state index contributed by atoms with van der Waals surface area (Å²) in [4.78, 5) is 11.6. The van der Waals surface area contributed by atoms with Crippen molar-refractivity contribution in [2.75, 3.05) is 5.32 Å². The van der Waals surface area contributed by atoms with Crippen LogP contribution >= 0.6 is 15.9 Å². The highest BCUT2D eigenvalue weighted by atomic mass is 79.9. The SMILES string of the molecule is O=C(Nc1ccc(OCc2ccc(Br)cc2F)cc1)C1CC1. The maximum Gasteiger partial charge on any atom is 0.227 e. The van der Waals surface area contributed by atoms with Gasteiger partial charge < -0.3 is 10.1 Å². The fourth-order valence-corrected chi connectivity index (χ4v) is 2.36. The summed E-state index contributed by atoms with van der Waals surface area (Å²) < 4.78 is 19.9. The monoisotopic (exact) mass is 363 g/mol. The van der Waals surface area contributed by atoms with Crippen LogP contribution in [0, 0.1) is 11.7 Å². The van der Waals surface area contributed by atoms with Crippen LogP contribution < -0.4 is 10.1 Å². The number of hydrogen-bond acceptors (Lipinski definition) is 2. The first-order valence-electron chi connectivity index (χ1n) is 7.09. The van der Waals surface area contributed by atoms with Crippen molar-refractivity contribution in [1.82, 2.24) is 0 Å². The third kappa shape index (κ3) is 3.85. The molecule has 114 valence electrons. The van der Waals surface area contributed by atoms with E-state index in [1.165, 1.54) is 6.07 Å². The molecule has 5 heteroatoms. The van der Waals surface area contributed by atoms with E-state index in [-0.39, 0.29) is 24.2 Å². The summed E-state index contributed by atoms with van der Waals surface area (Å²) in [6, 6.07) is 12.0. The highest BCUT2D eigenvalue weighted by molar-refractivity contribution is 9.10. The van der Waals surface area contributed by atoms with Crippen molar-refractivity contribution >= 4 is 27.5 Å². The molecular formula is C17H15BrFNO2. The van der Waals surface area contributed by atoms with Crippen molar-refractivity contribution in [2.45, 2.75) is 19.4 Å². The number of ether oxygens (including phenoxy) is 1. The zero-order chi connectivity index (χ0) is 15.5. The molecule has 2 aromatic rings. The van der Waals surface area contributed by atoms with Crippen LogP contribution in [0.15, 0.2) is 46.9 Å². The van der Waals surface area contributed by atoms with Crippen molar-refractivity contribution in [3.05, 3.63) is 58.3 Å². The van der Waals surface area contributed by atoms with Crippen molar-refractivity contribution in [1.29, 1.82) is 0 Å². The molecule has 1 N–H and O–H groups in total. The maximum atomic E-state index is 13.7. The molecule has 1 fully saturated rings. The van der Waals surface area contributed by atoms with Gasteiger partial charge >= 0.3 is 0 Å². The lowest BCUT2D eigenvalue weighted by Crippen LogP contribution is -2.13. The van der Waals surface area contributed by atoms with Gasteiger partial charge in [-0.2, -0.15) is 0 Å². The lowest BCUT2D eigenvalue weighted by molar-refractivity contribution is -0.117. The van der Waals surface area contributed by atoms with Crippen molar-refractivity contribution < 1.29 is 13.9 Å². The molecule has 22 heavy (non-hydrogen) atoms. The second kappa shape index (κ2) is 6.48. The first-order chi connectivity index (χ1) is 10.6. The Labute approximate surface area is 136 Å². The predicted octanol–water partition coefficient (Wildman–Crippen LogP) is 4.52. The predicted molar refractivity (Wildman–Crippen MR) is 86.2 cm³/mol. The van der Waals surface area contributed by atoms with E-state index in [1.807, 2.05) is 0 Å². The summed E-state index contributed by atoms with van der Waals surface area (Å²) in [5, 5.41) is 2.86. The molecule has 0 heterocycles. The van der Waals surface area contributed by atoms with Crippen LogP contribution in [0.5, 0.6) is 5.75 Å². The minimum Gasteiger partial charge on any atom is -0.489 e. The summed E-state index contributed by atoms with van der Waals surface area (Å²) in [7, 11) is 0. The number of amides is 1. The van der Waals surface area contributed by atoms with Crippen molar-refractivity contribution in [3.8, 4) is 5.75 Å². The molecule has 0 bridgehead atoms. The summed E-state index contributed by atoms with van der Waals surface area (Å²) >= 11 is 3.22. The summed E-state index contributed by atoms with van der Waals surface area (Å²) in [5.74, 6) is 0.580. The second-order valence-corrected chi connectivity index (χ2v) is 6.23. The Kier molecular flexibility index (Phi) is 4.43. The second-order valence-electron chi connectivity index (χ2n) is 5.31. The molecule has 3 rings (SSSR count). The molecule has 0 unspecified atom stereocenters. The van der Waals surface area contributed by atoms with E-state index in [0.717, 1.165) is 18.5 Å². The van der Waals surface area contributed by atoms with E-state index in [4.69, 9.17) is 4.74 Å². The molecule has 3 nitrogen and oxygen atoms in total. The van der Waals surface area contributed by atoms with Gasteiger partial charge in [-0.3, -0.25) is 4.79 Å². The Morgan fingerprint density at radius 2 is 1.95 bits per heavy atom. The third-order valence-corrected chi connectivity index (χ3v) is 3.97. The fourth-order valence-electron chi connectivity index (χ4n) is 2.02. The maximum absolute atomic E-state index is 13.7. The molecule has 1 aliphatic carbocycles. The van der Waals surface area contributed by atoms with E-state index in [9.17, 15) is 9.18 Å². The summed E-state index contributed by atoms with van der Waals surface area (Å²) in [5.41, 5.74) is 1.24. The molecule has 2 aromatic carbocycles. The Hall–Kier alpha value is -1.88. The number of hydrogen-bond donors (Lipinski definition) is 1. The number of benzene rings is 2. The van der Waals surface area contributed by atoms with Gasteiger partial charge in [-0.05, 0) is 49.2 Å². The molecule has 0 radical (unpaired) electrons. The highest BCUT2D eigenvalue weighted by Gasteiger charge is 2.29. The molecular weight excluding hydrogens is 349 g/mol. The van der Waals surface area contributed by atoms with Gasteiger partial charge in [0.05, 0.1) is 0 Å². The quantitative estimate of drug-likeness (QED) is 0.848. The standard InChI is InChI=1S/C17H15BrFNO2/c18-13-4-3-12(16(19)9-13)10-22-15-7-5-14(6-8-15)20-17(21)11-1-2-11/h3-9,11H,1-2,10H2,(H,20,21). The Balaban J connectivity index is 1.57. The van der Waals surface area contributed by atoms with Gasteiger partial charge in [0.25, 0.3) is 0 Å². The van der Waals surface area contributed by atoms with E-state index < -0.39 is 0 Å². The van der Waals surface area contributed by atoms with Crippen molar-refractivity contribution in [3.63, 3.8) is 0 Å². The first-order valence-corrected chi connectivity index (χ1v) is 7.89. The normalized spacial score (nSPS) is 13.7. The number of rotatable bonds is 5. The smallest absolute Gasteiger partial charge is 0.227 e. The average molecular weight is 364 g/mol. The van der Waals surface area contributed by atoms with Crippen LogP contribution in [0.1, 0.15) is 18.4 Å². The summed E-state index contributed by atoms with van der Waals surface area (Å²) in [6.07, 6.45) is 1.96. The fraction of sp³-hybridized carbons (Fsp3) is 0.235. The minimum absolute atomic E-state index is 0.0746. The zero-order valence-electron chi connectivity index (χ0n) is 11.8. The van der Waals surface area contributed by atoms with E-state index in [2.05, 4.69) is 21.2 Å². The lowest BCUT2D eigenvalue weighted by Gasteiger charge is -2.09. The van der Waals surface area contributed by atoms with E-state index >= 15 is 0 Å². The Bertz CT molecular complexity index is 684. The van der Waals surface area contributed by atoms with Gasteiger partial charge in [0.15, 0.2) is 0 Å². The number of nitrogens with one attached hydrogen (secondary N) is 1. The Morgan fingerprint density at radius 3 is 2.59 bits per heavy atom. The van der Waals surface area contributed by atoms with Gasteiger partial charge in [-0.15, -0.1) is 0 Å². The van der Waals surface area contributed by atoms with Gasteiger partial charge in [-0.1, -0.05) is 22.0 Å². The molecule has 1 saturated carbocycles. The average Bonchev–Trinajstić information content (AvgIpc) is 3.32. The first kappa shape index (κ1) is 15.0. The highest BCUT2D eigenvalue weighted by Crippen LogP contribution is 2.30. The molecule has 0 spiro atoms. The van der Waals surface area contributed by atoms with Crippen LogP contribution in [0.2, 0.25) is 0 Å². The largest absolute Gasteiger partial charge is 0.489 e. The van der Waals surface area contributed by atoms with E-state index in [0.29, 0.717) is 15.8 Å². The van der Waals surface area contributed by atoms with Crippen molar-refractivity contribution in [2.24, 2.45) is 5.92 Å². The third-order valence-electron chi connectivity index (χ3n) is 3.48. The molecule has 0 aromatic heterocycles. The van der Waals surface area contributed by atoms with Crippen LogP contribution in [0.4, 0.5) is 10.1 Å². The van der Waals surface area contributed by atoms with Gasteiger partial charge in [0.1, 0.15) is 18.2 Å². The van der Waals surface area contributed by atoms with Crippen LogP contribution in [0.25, 0.3) is 0 Å². The van der Waals surface area contributed by atoms with Gasteiger partial charge in [0.2, 0.25) is 5.91 Å². The van der Waals surface area contributed by atoms with Gasteiger partial charge in [0, 0.05) is 21.6 Å².